The SMILES string of the molecule is C(=Nc1ccccc1[PH+](c1ccccc1)c1ccccc1)c1ccc[n-]1.[Cl][Ti+]([Cl])[Cl]. The standard InChI is InChI=1S/C23H18N2P.3ClH.Ti/c1-3-11-20(12-4-1)26(21-13-5-2-6-14-21)23-16-8-7-15-22(23)25-18-19-10-9-17-24-19;;;;/h1-18H;3*1H;/q-1;;;;+4/p-2. The van der Waals surface area contributed by atoms with Gasteiger partial charge in [-0.3, -0.25) is 4.99 Å². The molecule has 0 radical (unpaired) electrons. The molecule has 1 aromatic heterocycles. The molecule has 4 rings (SSSR count). The predicted octanol–water partition coefficient (Wildman–Crippen LogP) is 5.95. The molecule has 7 heteroatoms. The van der Waals surface area contributed by atoms with Gasteiger partial charge in [0.2, 0.25) is 0 Å². The van der Waals surface area contributed by atoms with Crippen molar-refractivity contribution in [1.29, 1.82) is 0 Å². The molecule has 0 bridgehead atoms. The monoisotopic (exact) mass is 507 g/mol. The summed E-state index contributed by atoms with van der Waals surface area (Å²) in [6, 6.07) is 33.8. The van der Waals surface area contributed by atoms with Crippen molar-refractivity contribution >= 4 is 63.7 Å². The summed E-state index contributed by atoms with van der Waals surface area (Å²) in [4.78, 5) is 9.04. The molecule has 0 atom stereocenters. The first-order valence-corrected chi connectivity index (χ1v) is 17.1. The van der Waals surface area contributed by atoms with Gasteiger partial charge in [0.05, 0.1) is 0 Å². The molecule has 0 unspecified atom stereocenters. The first-order valence-electron chi connectivity index (χ1n) is 9.17. The number of benzene rings is 3. The van der Waals surface area contributed by atoms with Crippen LogP contribution in [0.3, 0.4) is 0 Å². The van der Waals surface area contributed by atoms with Crippen molar-refractivity contribution in [2.75, 3.05) is 0 Å². The van der Waals surface area contributed by atoms with Crippen molar-refractivity contribution in [2.45, 2.75) is 0 Å². The van der Waals surface area contributed by atoms with Crippen molar-refractivity contribution < 1.29 is 14.7 Å². The average Bonchev–Trinajstić information content (AvgIpc) is 3.28. The zero-order valence-electron chi connectivity index (χ0n) is 15.9. The fourth-order valence-corrected chi connectivity index (χ4v) is 5.68. The summed E-state index contributed by atoms with van der Waals surface area (Å²) in [6.45, 7) is 0. The Morgan fingerprint density at radius 3 is 1.77 bits per heavy atom. The number of rotatable bonds is 5. The van der Waals surface area contributed by atoms with E-state index < -0.39 is 22.6 Å². The van der Waals surface area contributed by atoms with E-state index in [1.54, 1.807) is 6.20 Å². The maximum absolute atomic E-state index is 4.97. The number of nitrogens with zero attached hydrogens (tertiary/aromatic N) is 2. The summed E-state index contributed by atoms with van der Waals surface area (Å²) in [7, 11) is 13.8. The molecule has 0 spiro atoms. The molecule has 0 amide bonds. The molecular weight excluding hydrogens is 489 g/mol. The molecule has 4 aromatic rings. The van der Waals surface area contributed by atoms with Crippen LogP contribution in [0.4, 0.5) is 5.69 Å². The van der Waals surface area contributed by atoms with Gasteiger partial charge in [0.15, 0.2) is 0 Å². The minimum absolute atomic E-state index is 0.882. The average molecular weight is 509 g/mol. The molecule has 0 aliphatic heterocycles. The van der Waals surface area contributed by atoms with Crippen LogP contribution in [0.2, 0.25) is 0 Å². The zero-order valence-corrected chi connectivity index (χ0v) is 20.7. The van der Waals surface area contributed by atoms with E-state index in [1.165, 1.54) is 15.9 Å². The van der Waals surface area contributed by atoms with E-state index in [2.05, 4.69) is 83.8 Å². The molecule has 0 saturated carbocycles. The summed E-state index contributed by atoms with van der Waals surface area (Å²) < 4.78 is 0. The third-order valence-electron chi connectivity index (χ3n) is 4.21. The van der Waals surface area contributed by atoms with E-state index >= 15 is 0 Å². The van der Waals surface area contributed by atoms with Gasteiger partial charge < -0.3 is 4.98 Å². The molecule has 1 heterocycles. The summed E-state index contributed by atoms with van der Waals surface area (Å²) in [6.07, 6.45) is 3.63. The van der Waals surface area contributed by atoms with E-state index in [1.807, 2.05) is 24.4 Å². The van der Waals surface area contributed by atoms with E-state index in [0.29, 0.717) is 0 Å². The van der Waals surface area contributed by atoms with Crippen LogP contribution in [-0.2, 0) is 14.7 Å². The van der Waals surface area contributed by atoms with E-state index in [-0.39, 0.29) is 0 Å². The Labute approximate surface area is 196 Å². The maximum atomic E-state index is 4.97. The number of hydrogen-bond donors (Lipinski definition) is 0. The van der Waals surface area contributed by atoms with Gasteiger partial charge in [0.25, 0.3) is 0 Å². The first-order chi connectivity index (χ1) is 14.6. The third-order valence-corrected chi connectivity index (χ3v) is 6.99. The molecule has 30 heavy (non-hydrogen) atoms. The van der Waals surface area contributed by atoms with Crippen molar-refractivity contribution in [1.82, 2.24) is 4.98 Å². The number of aromatic nitrogens is 1. The van der Waals surface area contributed by atoms with Crippen molar-refractivity contribution in [3.05, 3.63) is 109 Å². The second kappa shape index (κ2) is 12.5. The van der Waals surface area contributed by atoms with Gasteiger partial charge in [-0.1, -0.05) is 60.7 Å². The topological polar surface area (TPSA) is 26.5 Å². The quantitative estimate of drug-likeness (QED) is 0.186. The van der Waals surface area contributed by atoms with Crippen LogP contribution >= 0.6 is 35.8 Å². The molecular formula is C23H19Cl3N2PTi+. The summed E-state index contributed by atoms with van der Waals surface area (Å²) in [5, 5.41) is 4.01. The molecule has 0 N–H and O–H groups in total. The molecule has 0 aliphatic carbocycles. The minimum atomic E-state index is -1.92. The Morgan fingerprint density at radius 2 is 1.23 bits per heavy atom. The molecule has 0 saturated heterocycles. The van der Waals surface area contributed by atoms with Crippen LogP contribution < -0.4 is 20.9 Å². The first kappa shape index (κ1) is 23.3. The molecule has 0 fully saturated rings. The number of halogens is 3. The summed E-state index contributed by atoms with van der Waals surface area (Å²) in [5.74, 6) is 0. The van der Waals surface area contributed by atoms with Gasteiger partial charge in [-0.25, -0.2) is 0 Å². The van der Waals surface area contributed by atoms with Crippen LogP contribution in [0.5, 0.6) is 0 Å². The predicted molar refractivity (Wildman–Crippen MR) is 131 cm³/mol. The van der Waals surface area contributed by atoms with Gasteiger partial charge in [0.1, 0.15) is 29.5 Å². The van der Waals surface area contributed by atoms with Gasteiger partial charge in [0, 0.05) is 6.21 Å². The van der Waals surface area contributed by atoms with E-state index in [9.17, 15) is 0 Å². The Kier molecular flexibility index (Phi) is 9.68. The van der Waals surface area contributed by atoms with Gasteiger partial charge >= 0.3 is 42.6 Å². The molecule has 3 aromatic carbocycles. The molecule has 150 valence electrons. The van der Waals surface area contributed by atoms with Gasteiger partial charge in [-0.15, -0.1) is 5.69 Å². The fraction of sp³-hybridized carbons (Fsp3) is 0. The Balaban J connectivity index is 0.000000589. The Morgan fingerprint density at radius 1 is 0.700 bits per heavy atom. The zero-order chi connectivity index (χ0) is 21.2. The number of para-hydroxylation sites is 1. The van der Waals surface area contributed by atoms with Gasteiger partial charge in [-0.2, -0.15) is 6.20 Å². The van der Waals surface area contributed by atoms with E-state index in [0.717, 1.165) is 11.4 Å². The summed E-state index contributed by atoms with van der Waals surface area (Å²) >= 11 is -1.92. The third kappa shape index (κ3) is 7.10. The number of aliphatic imine (C=N–C) groups is 1. The van der Waals surface area contributed by atoms with Gasteiger partial charge in [-0.05, 0) is 36.4 Å². The summed E-state index contributed by atoms with van der Waals surface area (Å²) in [5.41, 5.74) is 1.89. The fourth-order valence-electron chi connectivity index (χ4n) is 3.01. The van der Waals surface area contributed by atoms with Crippen LogP contribution in [0.25, 0.3) is 0 Å². The Hall–Kier alpha value is -1.38. The van der Waals surface area contributed by atoms with Crippen molar-refractivity contribution in [3.63, 3.8) is 0 Å². The van der Waals surface area contributed by atoms with E-state index in [4.69, 9.17) is 32.9 Å². The van der Waals surface area contributed by atoms with Crippen molar-refractivity contribution in [3.8, 4) is 0 Å². The van der Waals surface area contributed by atoms with Crippen LogP contribution in [0.1, 0.15) is 5.69 Å². The van der Waals surface area contributed by atoms with Crippen LogP contribution in [-0.4, -0.2) is 6.21 Å². The van der Waals surface area contributed by atoms with Crippen LogP contribution in [0.15, 0.2) is 108 Å². The van der Waals surface area contributed by atoms with Crippen molar-refractivity contribution in [2.24, 2.45) is 4.99 Å². The second-order valence-corrected chi connectivity index (χ2v) is 16.3. The second-order valence-electron chi connectivity index (χ2n) is 6.16. The number of hydrogen-bond acceptors (Lipinski definition) is 1. The Bertz CT molecular complexity index is 1000. The molecule has 2 nitrogen and oxygen atoms in total. The normalized spacial score (nSPS) is 10.7. The van der Waals surface area contributed by atoms with Crippen LogP contribution in [0, 0.1) is 0 Å². The molecule has 0 aliphatic rings.